The summed E-state index contributed by atoms with van der Waals surface area (Å²) in [6.45, 7) is 13.7. The smallest absolute Gasteiger partial charge is 0.408 e. The number of amides is 2. The first-order valence-corrected chi connectivity index (χ1v) is 12.1. The van der Waals surface area contributed by atoms with Gasteiger partial charge in [-0.15, -0.1) is 0 Å². The third-order valence-corrected chi connectivity index (χ3v) is 4.02. The predicted molar refractivity (Wildman–Crippen MR) is 103 cm³/mol. The Morgan fingerprint density at radius 1 is 1.17 bits per heavy atom. The average molecular weight is 377 g/mol. The maximum atomic E-state index is 12.0. The summed E-state index contributed by atoms with van der Waals surface area (Å²) in [7, 11) is -1.84. The molecule has 0 rings (SSSR count). The number of thiocarbonyl (C=S) groups is 1. The molecule has 0 aromatic carbocycles. The molecule has 1 atom stereocenters. The molecule has 8 heteroatoms. The minimum absolute atomic E-state index is 0.0454. The van der Waals surface area contributed by atoms with E-state index in [0.717, 1.165) is 12.8 Å². The van der Waals surface area contributed by atoms with Crippen molar-refractivity contribution in [2.24, 2.45) is 0 Å². The van der Waals surface area contributed by atoms with Gasteiger partial charge in [0.25, 0.3) is 0 Å². The molecule has 24 heavy (non-hydrogen) atoms. The van der Waals surface area contributed by atoms with E-state index in [4.69, 9.17) is 21.4 Å². The molecule has 0 aliphatic rings. The summed E-state index contributed by atoms with van der Waals surface area (Å²) >= 11 is 5.38. The zero-order valence-electron chi connectivity index (χ0n) is 15.9. The van der Waals surface area contributed by atoms with E-state index in [1.807, 2.05) is 40.4 Å². The lowest BCUT2D eigenvalue weighted by atomic mass is 10.1. The monoisotopic (exact) mass is 376 g/mol. The minimum atomic E-state index is -1.84. The van der Waals surface area contributed by atoms with Gasteiger partial charge in [-0.2, -0.15) is 0 Å². The molecule has 1 unspecified atom stereocenters. The molecule has 0 radical (unpaired) electrons. The van der Waals surface area contributed by atoms with Crippen LogP contribution in [-0.2, 0) is 14.0 Å². The Balaban J connectivity index is 4.62. The van der Waals surface area contributed by atoms with Gasteiger partial charge in [0.15, 0.2) is 5.05 Å². The molecular formula is C16H32N2O4SSi. The maximum absolute atomic E-state index is 12.0. The first-order valence-electron chi connectivity index (χ1n) is 8.27. The van der Waals surface area contributed by atoms with Crippen molar-refractivity contribution in [1.82, 2.24) is 10.6 Å². The van der Waals surface area contributed by atoms with Crippen LogP contribution in [0.1, 0.15) is 47.0 Å². The average Bonchev–Trinajstić information content (AvgIpc) is 2.32. The molecule has 0 spiro atoms. The lowest BCUT2D eigenvalue weighted by Crippen LogP contribution is -2.46. The number of hydrogen-bond acceptors (Lipinski definition) is 5. The van der Waals surface area contributed by atoms with Crippen LogP contribution in [0.5, 0.6) is 0 Å². The highest BCUT2D eigenvalue weighted by molar-refractivity contribution is 7.80. The molecule has 0 aliphatic carbocycles. The Hall–Kier alpha value is -1.15. The second-order valence-electron chi connectivity index (χ2n) is 7.71. The summed E-state index contributed by atoms with van der Waals surface area (Å²) < 4.78 is 11.2. The van der Waals surface area contributed by atoms with E-state index < -0.39 is 20.0 Å². The lowest BCUT2D eigenvalue weighted by Gasteiger charge is -2.27. The number of carbonyl (C=O) groups is 2. The Morgan fingerprint density at radius 2 is 1.75 bits per heavy atom. The summed E-state index contributed by atoms with van der Waals surface area (Å²) in [4.78, 5) is 22.9. The molecule has 2 N–H and O–H groups in total. The Bertz CT molecular complexity index is 444. The first-order chi connectivity index (χ1) is 10.8. The van der Waals surface area contributed by atoms with Gasteiger partial charge in [0.05, 0.1) is 6.04 Å². The minimum Gasteiger partial charge on any atom is -0.538 e. The first kappa shape index (κ1) is 22.8. The molecule has 2 amide bonds. The molecule has 6 nitrogen and oxygen atoms in total. The van der Waals surface area contributed by atoms with Crippen molar-refractivity contribution in [2.45, 2.75) is 78.2 Å². The van der Waals surface area contributed by atoms with Gasteiger partial charge in [-0.1, -0.05) is 0 Å². The highest BCUT2D eigenvalue weighted by Crippen LogP contribution is 2.12. The van der Waals surface area contributed by atoms with Crippen LogP contribution in [-0.4, -0.2) is 43.6 Å². The van der Waals surface area contributed by atoms with E-state index >= 15 is 0 Å². The zero-order chi connectivity index (χ0) is 19.0. The fourth-order valence-corrected chi connectivity index (χ4v) is 3.48. The summed E-state index contributed by atoms with van der Waals surface area (Å²) in [5.41, 5.74) is -0.568. The topological polar surface area (TPSA) is 76.7 Å². The van der Waals surface area contributed by atoms with Crippen molar-refractivity contribution in [3.05, 3.63) is 0 Å². The SMILES string of the molecule is CC(=O)NCCCCC(NC(=O)OC(C)(C)C)C(=S)O[Si](C)(C)C. The number of ether oxygens (including phenoxy) is 1. The fourth-order valence-electron chi connectivity index (χ4n) is 1.81. The van der Waals surface area contributed by atoms with Crippen LogP contribution < -0.4 is 10.6 Å². The summed E-state index contributed by atoms with van der Waals surface area (Å²) in [6.07, 6.45) is 1.75. The third-order valence-electron chi connectivity index (χ3n) is 2.68. The highest BCUT2D eigenvalue weighted by atomic mass is 32.1. The molecule has 0 heterocycles. The van der Waals surface area contributed by atoms with Crippen molar-refractivity contribution in [3.8, 4) is 0 Å². The Labute approximate surface area is 152 Å². The van der Waals surface area contributed by atoms with Gasteiger partial charge in [-0.05, 0) is 71.9 Å². The molecule has 140 valence electrons. The van der Waals surface area contributed by atoms with Crippen molar-refractivity contribution < 1.29 is 18.8 Å². The van der Waals surface area contributed by atoms with E-state index in [0.29, 0.717) is 18.0 Å². The third kappa shape index (κ3) is 13.3. The van der Waals surface area contributed by atoms with Crippen LogP contribution in [0.4, 0.5) is 4.79 Å². The number of hydrogen-bond donors (Lipinski definition) is 2. The molecule has 0 bridgehead atoms. The van der Waals surface area contributed by atoms with Crippen LogP contribution >= 0.6 is 12.2 Å². The van der Waals surface area contributed by atoms with Crippen molar-refractivity contribution in [1.29, 1.82) is 0 Å². The number of carbonyl (C=O) groups excluding carboxylic acids is 2. The molecule has 0 aromatic heterocycles. The number of alkyl carbamates (subject to hydrolysis) is 1. The second-order valence-corrected chi connectivity index (χ2v) is 12.5. The molecule has 0 aromatic rings. The molecule has 0 saturated heterocycles. The van der Waals surface area contributed by atoms with Gasteiger partial charge in [-0.25, -0.2) is 4.79 Å². The summed E-state index contributed by atoms with van der Waals surface area (Å²) in [5, 5.41) is 5.96. The quantitative estimate of drug-likeness (QED) is 0.386. The van der Waals surface area contributed by atoms with Crippen LogP contribution in [0, 0.1) is 0 Å². The zero-order valence-corrected chi connectivity index (χ0v) is 17.8. The molecule has 0 saturated carbocycles. The standard InChI is InChI=1S/C16H32N2O4SSi/c1-12(19)17-11-9-8-10-13(14(23)22-24(5,6)7)18-15(20)21-16(2,3)4/h13H,8-11H2,1-7H3,(H,17,19)(H,18,20). The van der Waals surface area contributed by atoms with Gasteiger partial charge in [0.1, 0.15) is 5.60 Å². The molecule has 0 fully saturated rings. The summed E-state index contributed by atoms with van der Waals surface area (Å²) in [5.74, 6) is -0.0454. The van der Waals surface area contributed by atoms with Crippen LogP contribution in [0.25, 0.3) is 0 Å². The van der Waals surface area contributed by atoms with Gasteiger partial charge < -0.3 is 19.8 Å². The molecular weight excluding hydrogens is 344 g/mol. The Kier molecular flexibility index (Phi) is 9.50. The van der Waals surface area contributed by atoms with E-state index in [2.05, 4.69) is 10.6 Å². The lowest BCUT2D eigenvalue weighted by molar-refractivity contribution is -0.118. The second kappa shape index (κ2) is 9.98. The van der Waals surface area contributed by atoms with Crippen molar-refractivity contribution >= 4 is 37.6 Å². The predicted octanol–water partition coefficient (Wildman–Crippen LogP) is 3.37. The fraction of sp³-hybridized carbons (Fsp3) is 0.812. The maximum Gasteiger partial charge on any atom is 0.408 e. The number of nitrogens with one attached hydrogen (secondary N) is 2. The van der Waals surface area contributed by atoms with E-state index in [1.165, 1.54) is 6.92 Å². The van der Waals surface area contributed by atoms with Crippen LogP contribution in [0.2, 0.25) is 19.6 Å². The van der Waals surface area contributed by atoms with E-state index in [-0.39, 0.29) is 11.9 Å². The van der Waals surface area contributed by atoms with E-state index in [1.54, 1.807) is 0 Å². The van der Waals surface area contributed by atoms with Gasteiger partial charge in [0, 0.05) is 13.5 Å². The normalized spacial score (nSPS) is 13.0. The van der Waals surface area contributed by atoms with E-state index in [9.17, 15) is 9.59 Å². The van der Waals surface area contributed by atoms with Crippen LogP contribution in [0.15, 0.2) is 0 Å². The number of rotatable bonds is 8. The summed E-state index contributed by atoms with van der Waals surface area (Å²) in [6, 6.07) is -0.376. The Morgan fingerprint density at radius 3 is 2.21 bits per heavy atom. The van der Waals surface area contributed by atoms with Gasteiger partial charge >= 0.3 is 6.09 Å². The highest BCUT2D eigenvalue weighted by Gasteiger charge is 2.26. The molecule has 0 aliphatic heterocycles. The van der Waals surface area contributed by atoms with Gasteiger partial charge in [-0.3, -0.25) is 4.79 Å². The van der Waals surface area contributed by atoms with Gasteiger partial charge in [0.2, 0.25) is 14.2 Å². The van der Waals surface area contributed by atoms with Crippen molar-refractivity contribution in [3.63, 3.8) is 0 Å². The van der Waals surface area contributed by atoms with Crippen LogP contribution in [0.3, 0.4) is 0 Å². The largest absolute Gasteiger partial charge is 0.538 e. The number of unbranched alkanes of at least 4 members (excludes halogenated alkanes) is 1. The van der Waals surface area contributed by atoms with Crippen molar-refractivity contribution in [2.75, 3.05) is 6.54 Å².